The molecule has 0 amide bonds. The van der Waals surface area contributed by atoms with E-state index in [0.29, 0.717) is 22.2 Å². The second-order valence-electron chi connectivity index (χ2n) is 6.02. The number of ether oxygens (including phenoxy) is 1. The van der Waals surface area contributed by atoms with Crippen molar-refractivity contribution in [2.75, 3.05) is 37.7 Å². The number of hydrogen-bond donors (Lipinski definition) is 2. The second-order valence-corrected chi connectivity index (χ2v) is 7.04. The summed E-state index contributed by atoms with van der Waals surface area (Å²) in [6.07, 6.45) is 1.23. The van der Waals surface area contributed by atoms with Crippen molar-refractivity contribution in [2.45, 2.75) is 33.3 Å². The molecule has 0 saturated carbocycles. The van der Waals surface area contributed by atoms with Crippen molar-refractivity contribution in [3.63, 3.8) is 0 Å². The molecule has 1 aromatic heterocycles. The summed E-state index contributed by atoms with van der Waals surface area (Å²) in [7, 11) is 2.14. The molecule has 1 atom stereocenters. The highest BCUT2D eigenvalue weighted by atomic mass is 32.1. The van der Waals surface area contributed by atoms with Crippen molar-refractivity contribution in [3.8, 4) is 5.75 Å². The molecule has 1 aliphatic heterocycles. The zero-order valence-electron chi connectivity index (χ0n) is 13.2. The molecule has 3 N–H and O–H groups in total. The van der Waals surface area contributed by atoms with E-state index in [4.69, 9.17) is 10.5 Å². The summed E-state index contributed by atoms with van der Waals surface area (Å²) in [5.41, 5.74) is 6.54. The monoisotopic (exact) mass is 311 g/mol. The van der Waals surface area contributed by atoms with Crippen LogP contribution in [0.15, 0.2) is 0 Å². The lowest BCUT2D eigenvalue weighted by atomic mass is 10.1. The Kier molecular flexibility index (Phi) is 5.11. The Morgan fingerprint density at radius 3 is 2.81 bits per heavy atom. The van der Waals surface area contributed by atoms with Crippen molar-refractivity contribution < 1.29 is 9.53 Å². The van der Waals surface area contributed by atoms with E-state index in [0.717, 1.165) is 24.6 Å². The summed E-state index contributed by atoms with van der Waals surface area (Å²) in [6, 6.07) is 0. The quantitative estimate of drug-likeness (QED) is 0.791. The fourth-order valence-corrected chi connectivity index (χ4v) is 3.55. The Balaban J connectivity index is 2.12. The number of anilines is 2. The van der Waals surface area contributed by atoms with Crippen LogP contribution in [0.3, 0.4) is 0 Å². The third kappa shape index (κ3) is 3.89. The highest BCUT2D eigenvalue weighted by molar-refractivity contribution is 7.19. The van der Waals surface area contributed by atoms with E-state index in [9.17, 15) is 4.79 Å². The molecule has 1 aliphatic rings. The van der Waals surface area contributed by atoms with Crippen LogP contribution in [-0.2, 0) is 0 Å². The van der Waals surface area contributed by atoms with Crippen molar-refractivity contribution in [1.29, 1.82) is 0 Å². The lowest BCUT2D eigenvalue weighted by molar-refractivity contribution is 0.102. The first-order chi connectivity index (χ1) is 9.88. The van der Waals surface area contributed by atoms with Crippen LogP contribution in [0.4, 0.5) is 10.7 Å². The number of ketones is 1. The predicted molar refractivity (Wildman–Crippen MR) is 88.6 cm³/mol. The van der Waals surface area contributed by atoms with Gasteiger partial charge in [0.15, 0.2) is 11.5 Å². The average molecular weight is 311 g/mol. The van der Waals surface area contributed by atoms with Crippen molar-refractivity contribution in [3.05, 3.63) is 4.88 Å². The number of carbonyl (C=O) groups excluding carboxylic acids is 1. The van der Waals surface area contributed by atoms with Gasteiger partial charge in [-0.2, -0.15) is 0 Å². The summed E-state index contributed by atoms with van der Waals surface area (Å²) in [6.45, 7) is 8.59. The summed E-state index contributed by atoms with van der Waals surface area (Å²) < 4.78 is 5.80. The van der Waals surface area contributed by atoms with Crippen LogP contribution < -0.4 is 15.8 Å². The number of nitrogens with zero attached hydrogens (tertiary/aromatic N) is 1. The standard InChI is InChI=1S/C15H25N3O2S/c1-9(2)20-13-12(16)14(10(3)19)21-15(13)17-7-11-5-6-18(4)8-11/h9,11,17H,5-8,16H2,1-4H3. The van der Waals surface area contributed by atoms with Crippen LogP contribution in [0.1, 0.15) is 36.9 Å². The van der Waals surface area contributed by atoms with E-state index in [1.807, 2.05) is 13.8 Å². The molecule has 0 radical (unpaired) electrons. The Hall–Kier alpha value is -1.27. The molecule has 21 heavy (non-hydrogen) atoms. The first-order valence-corrected chi connectivity index (χ1v) is 8.22. The first kappa shape index (κ1) is 16.1. The fourth-order valence-electron chi connectivity index (χ4n) is 2.59. The Labute approximate surface area is 130 Å². The summed E-state index contributed by atoms with van der Waals surface area (Å²) in [5.74, 6) is 1.25. The smallest absolute Gasteiger partial charge is 0.177 e. The van der Waals surface area contributed by atoms with Crippen LogP contribution in [0, 0.1) is 5.92 Å². The molecule has 5 nitrogen and oxygen atoms in total. The zero-order valence-corrected chi connectivity index (χ0v) is 14.0. The minimum atomic E-state index is -0.0141. The number of nitrogens with one attached hydrogen (secondary N) is 1. The molecule has 0 spiro atoms. The minimum Gasteiger partial charge on any atom is -0.486 e. The summed E-state index contributed by atoms with van der Waals surface area (Å²) in [5, 5.41) is 4.31. The number of rotatable bonds is 6. The summed E-state index contributed by atoms with van der Waals surface area (Å²) >= 11 is 1.40. The molecular formula is C15H25N3O2S. The van der Waals surface area contributed by atoms with Gasteiger partial charge in [-0.25, -0.2) is 0 Å². The first-order valence-electron chi connectivity index (χ1n) is 7.40. The van der Waals surface area contributed by atoms with E-state index in [-0.39, 0.29) is 11.9 Å². The van der Waals surface area contributed by atoms with Gasteiger partial charge in [-0.15, -0.1) is 11.3 Å². The lowest BCUT2D eigenvalue weighted by Crippen LogP contribution is -2.19. The summed E-state index contributed by atoms with van der Waals surface area (Å²) in [4.78, 5) is 14.6. The molecule has 0 aliphatic carbocycles. The van der Waals surface area contributed by atoms with E-state index < -0.39 is 0 Å². The van der Waals surface area contributed by atoms with Crippen LogP contribution in [0.25, 0.3) is 0 Å². The Bertz CT molecular complexity index is 513. The van der Waals surface area contributed by atoms with E-state index in [1.54, 1.807) is 0 Å². The van der Waals surface area contributed by atoms with Crippen molar-refractivity contribution >= 4 is 27.8 Å². The number of likely N-dealkylation sites (tertiary alicyclic amines) is 1. The maximum atomic E-state index is 11.7. The average Bonchev–Trinajstić information content (AvgIpc) is 2.93. The normalized spacial score (nSPS) is 19.2. The van der Waals surface area contributed by atoms with E-state index in [2.05, 4.69) is 17.3 Å². The van der Waals surface area contributed by atoms with Gasteiger partial charge in [0.1, 0.15) is 5.00 Å². The van der Waals surface area contributed by atoms with Gasteiger partial charge in [0.2, 0.25) is 0 Å². The maximum Gasteiger partial charge on any atom is 0.177 e. The molecule has 2 heterocycles. The topological polar surface area (TPSA) is 67.6 Å². The fraction of sp³-hybridized carbons (Fsp3) is 0.667. The van der Waals surface area contributed by atoms with Crippen LogP contribution >= 0.6 is 11.3 Å². The van der Waals surface area contributed by atoms with Gasteiger partial charge in [0, 0.05) is 20.0 Å². The molecule has 2 rings (SSSR count). The van der Waals surface area contributed by atoms with Crippen LogP contribution in [-0.4, -0.2) is 43.5 Å². The minimum absolute atomic E-state index is 0.0141. The maximum absolute atomic E-state index is 11.7. The number of nitrogens with two attached hydrogens (primary N) is 1. The van der Waals surface area contributed by atoms with Crippen LogP contribution in [0.2, 0.25) is 0 Å². The highest BCUT2D eigenvalue weighted by Crippen LogP contribution is 2.43. The van der Waals surface area contributed by atoms with Crippen LogP contribution in [0.5, 0.6) is 5.75 Å². The van der Waals surface area contributed by atoms with Gasteiger partial charge in [0.25, 0.3) is 0 Å². The molecule has 1 unspecified atom stereocenters. The van der Waals surface area contributed by atoms with Crippen molar-refractivity contribution in [2.24, 2.45) is 5.92 Å². The largest absolute Gasteiger partial charge is 0.486 e. The molecule has 0 aromatic carbocycles. The molecule has 6 heteroatoms. The van der Waals surface area contributed by atoms with E-state index in [1.165, 1.54) is 24.7 Å². The number of thiophene rings is 1. The van der Waals surface area contributed by atoms with E-state index >= 15 is 0 Å². The zero-order chi connectivity index (χ0) is 15.6. The molecule has 1 fully saturated rings. The third-order valence-electron chi connectivity index (χ3n) is 3.61. The number of hydrogen-bond acceptors (Lipinski definition) is 6. The van der Waals surface area contributed by atoms with Crippen molar-refractivity contribution in [1.82, 2.24) is 4.90 Å². The molecule has 118 valence electrons. The number of nitrogen functional groups attached to an aromatic ring is 1. The van der Waals surface area contributed by atoms with Gasteiger partial charge in [-0.3, -0.25) is 4.79 Å². The van der Waals surface area contributed by atoms with Gasteiger partial charge in [-0.05, 0) is 39.8 Å². The number of Topliss-reactive ketones (excluding diaryl/α,β-unsaturated/α-hetero) is 1. The highest BCUT2D eigenvalue weighted by Gasteiger charge is 2.23. The Morgan fingerprint density at radius 2 is 2.29 bits per heavy atom. The van der Waals surface area contributed by atoms with Gasteiger partial charge in [0.05, 0.1) is 16.7 Å². The lowest BCUT2D eigenvalue weighted by Gasteiger charge is -2.15. The number of carbonyl (C=O) groups is 1. The third-order valence-corrected chi connectivity index (χ3v) is 4.86. The molecule has 0 bridgehead atoms. The van der Waals surface area contributed by atoms with Gasteiger partial charge in [-0.1, -0.05) is 0 Å². The second kappa shape index (κ2) is 6.66. The molecule has 1 saturated heterocycles. The molecule has 1 aromatic rings. The van der Waals surface area contributed by atoms with Gasteiger partial charge < -0.3 is 20.7 Å². The Morgan fingerprint density at radius 1 is 1.57 bits per heavy atom. The molecular weight excluding hydrogens is 286 g/mol. The SMILES string of the molecule is CC(=O)c1sc(NCC2CCN(C)C2)c(OC(C)C)c1N. The predicted octanol–water partition coefficient (Wildman–Crippen LogP) is 2.68. The van der Waals surface area contributed by atoms with Gasteiger partial charge >= 0.3 is 0 Å².